The number of carbonyl (C=O) groups excluding carboxylic acids is 1. The molecule has 0 atom stereocenters. The van der Waals surface area contributed by atoms with E-state index >= 15 is 0 Å². The van der Waals surface area contributed by atoms with Crippen molar-refractivity contribution in [3.05, 3.63) is 77.0 Å². The van der Waals surface area contributed by atoms with Crippen molar-refractivity contribution in [3.8, 4) is 17.0 Å². The average Bonchev–Trinajstić information content (AvgIpc) is 3.13. The van der Waals surface area contributed by atoms with Crippen LogP contribution in [-0.2, 0) is 12.5 Å². The van der Waals surface area contributed by atoms with E-state index in [-0.39, 0.29) is 12.3 Å². The number of fused-ring (bicyclic) bond motifs is 1. The summed E-state index contributed by atoms with van der Waals surface area (Å²) in [5.74, 6) is -3.83. The molecule has 3 aromatic rings. The van der Waals surface area contributed by atoms with E-state index in [0.29, 0.717) is 33.8 Å². The smallest absolute Gasteiger partial charge is 0.422 e. The lowest BCUT2D eigenvalue weighted by Gasteiger charge is -2.18. The largest absolute Gasteiger partial charge is 0.483 e. The second-order valence-electron chi connectivity index (χ2n) is 7.84. The van der Waals surface area contributed by atoms with Crippen LogP contribution in [0.15, 0.2) is 54.6 Å². The zero-order valence-electron chi connectivity index (χ0n) is 17.9. The maximum atomic E-state index is 13.7. The fourth-order valence-corrected chi connectivity index (χ4v) is 3.78. The first kappa shape index (κ1) is 23.6. The second-order valence-corrected chi connectivity index (χ2v) is 7.84. The van der Waals surface area contributed by atoms with Crippen LogP contribution in [0, 0.1) is 6.92 Å². The zero-order valence-corrected chi connectivity index (χ0v) is 17.9. The van der Waals surface area contributed by atoms with Crippen LogP contribution >= 0.6 is 0 Å². The summed E-state index contributed by atoms with van der Waals surface area (Å²) in [5, 5.41) is 8.86. The summed E-state index contributed by atoms with van der Waals surface area (Å²) in [6.45, 7) is -1.12. The van der Waals surface area contributed by atoms with Gasteiger partial charge in [0.15, 0.2) is 6.61 Å². The summed E-state index contributed by atoms with van der Waals surface area (Å²) in [4.78, 5) is 19.0. The molecule has 1 amide bonds. The molecule has 0 saturated heterocycles. The Hall–Kier alpha value is -3.53. The van der Waals surface area contributed by atoms with Gasteiger partial charge in [0.25, 0.3) is 11.8 Å². The molecule has 178 valence electrons. The molecule has 2 aromatic carbocycles. The lowest BCUT2D eigenvalue weighted by molar-refractivity contribution is -0.153. The number of aryl methyl sites for hydroxylation is 1. The summed E-state index contributed by atoms with van der Waals surface area (Å²) in [5.41, 5.74) is 1.86. The van der Waals surface area contributed by atoms with Crippen molar-refractivity contribution >= 4 is 11.6 Å². The highest BCUT2D eigenvalue weighted by atomic mass is 19.4. The van der Waals surface area contributed by atoms with E-state index in [1.807, 2.05) is 0 Å². The molecular formula is C24H19F5N2O3. The Balaban J connectivity index is 1.71. The van der Waals surface area contributed by atoms with Crippen molar-refractivity contribution in [2.24, 2.45) is 0 Å². The monoisotopic (exact) mass is 478 g/mol. The summed E-state index contributed by atoms with van der Waals surface area (Å²) >= 11 is 0. The Morgan fingerprint density at radius 1 is 1.03 bits per heavy atom. The maximum absolute atomic E-state index is 13.7. The van der Waals surface area contributed by atoms with Crippen molar-refractivity contribution in [2.75, 3.05) is 18.1 Å². The van der Waals surface area contributed by atoms with Gasteiger partial charge in [-0.2, -0.15) is 22.0 Å². The van der Waals surface area contributed by atoms with Crippen molar-refractivity contribution in [2.45, 2.75) is 25.6 Å². The number of amides is 1. The number of aromatic nitrogens is 1. The Kier molecular flexibility index (Phi) is 6.03. The van der Waals surface area contributed by atoms with Crippen LogP contribution in [0.25, 0.3) is 11.3 Å². The van der Waals surface area contributed by atoms with E-state index in [2.05, 4.69) is 4.98 Å². The van der Waals surface area contributed by atoms with Gasteiger partial charge in [0, 0.05) is 33.6 Å². The first-order chi connectivity index (χ1) is 16.0. The first-order valence-corrected chi connectivity index (χ1v) is 10.2. The van der Waals surface area contributed by atoms with Crippen molar-refractivity contribution < 1.29 is 36.6 Å². The molecule has 2 heterocycles. The van der Waals surface area contributed by atoms with Crippen LogP contribution in [0.1, 0.15) is 27.2 Å². The molecule has 5 nitrogen and oxygen atoms in total. The van der Waals surface area contributed by atoms with Crippen molar-refractivity contribution in [1.29, 1.82) is 0 Å². The van der Waals surface area contributed by atoms with Crippen LogP contribution in [0.4, 0.5) is 27.6 Å². The van der Waals surface area contributed by atoms with Crippen LogP contribution in [-0.4, -0.2) is 35.4 Å². The van der Waals surface area contributed by atoms with Crippen LogP contribution in [0.2, 0.25) is 0 Å². The highest BCUT2D eigenvalue weighted by molar-refractivity contribution is 6.11. The summed E-state index contributed by atoms with van der Waals surface area (Å²) in [6.07, 6.45) is -4.53. The summed E-state index contributed by atoms with van der Waals surface area (Å²) < 4.78 is 70.6. The molecule has 1 N–H and O–H groups in total. The van der Waals surface area contributed by atoms with E-state index in [1.165, 1.54) is 29.2 Å². The van der Waals surface area contributed by atoms with Crippen LogP contribution < -0.4 is 9.64 Å². The predicted octanol–water partition coefficient (Wildman–Crippen LogP) is 5.24. The Morgan fingerprint density at radius 2 is 1.71 bits per heavy atom. The minimum atomic E-state index is -4.53. The second kappa shape index (κ2) is 8.68. The highest BCUT2D eigenvalue weighted by Crippen LogP contribution is 2.39. The number of pyridine rings is 1. The number of aliphatic hydroxyl groups is 1. The number of hydrogen-bond donors (Lipinski definition) is 1. The fourth-order valence-electron chi connectivity index (χ4n) is 3.78. The maximum Gasteiger partial charge on any atom is 0.422 e. The van der Waals surface area contributed by atoms with Gasteiger partial charge in [0.1, 0.15) is 12.4 Å². The van der Waals surface area contributed by atoms with Crippen molar-refractivity contribution in [3.63, 3.8) is 0 Å². The molecule has 0 saturated carbocycles. The number of nitrogens with zero attached hydrogens (tertiary/aromatic N) is 2. The Bertz CT molecular complexity index is 1230. The quantitative estimate of drug-likeness (QED) is 0.492. The minimum Gasteiger partial charge on any atom is -0.483 e. The molecule has 0 radical (unpaired) electrons. The molecule has 10 heteroatoms. The Labute approximate surface area is 191 Å². The number of anilines is 1. The van der Waals surface area contributed by atoms with E-state index in [9.17, 15) is 26.7 Å². The lowest BCUT2D eigenvalue weighted by Crippen LogP contribution is -2.23. The number of alkyl halides is 5. The molecular weight excluding hydrogens is 459 g/mol. The van der Waals surface area contributed by atoms with Gasteiger partial charge < -0.3 is 14.7 Å². The average molecular weight is 478 g/mol. The molecule has 1 aliphatic heterocycles. The number of carbonyl (C=O) groups is 1. The molecule has 0 unspecified atom stereocenters. The topological polar surface area (TPSA) is 62.7 Å². The molecule has 4 rings (SSSR count). The molecule has 1 aliphatic rings. The van der Waals surface area contributed by atoms with Gasteiger partial charge >= 0.3 is 6.18 Å². The van der Waals surface area contributed by atoms with E-state index in [0.717, 1.165) is 12.1 Å². The number of ether oxygens (including phenoxy) is 1. The first-order valence-electron chi connectivity index (χ1n) is 10.2. The third-order valence-corrected chi connectivity index (χ3v) is 5.38. The summed E-state index contributed by atoms with van der Waals surface area (Å²) in [6, 6.07) is 12.7. The predicted molar refractivity (Wildman–Crippen MR) is 114 cm³/mol. The van der Waals surface area contributed by atoms with Gasteiger partial charge in [0.05, 0.1) is 12.2 Å². The zero-order chi connectivity index (χ0) is 24.7. The molecule has 34 heavy (non-hydrogen) atoms. The normalized spacial score (nSPS) is 13.9. The van der Waals surface area contributed by atoms with Gasteiger partial charge in [-0.3, -0.25) is 9.78 Å². The van der Waals surface area contributed by atoms with Gasteiger partial charge in [-0.25, -0.2) is 0 Å². The third-order valence-electron chi connectivity index (χ3n) is 5.38. The standard InChI is InChI=1S/C24H19F5N2O3/c1-14-10-18-19(21(30-14)17-4-2-3-5-20(17)34-13-24(27,28)29)11-31(22(18)33)16-8-6-15(7-9-16)23(25,26)12-32/h2-10,32H,11-13H2,1H3. The van der Waals surface area contributed by atoms with Gasteiger partial charge in [-0.15, -0.1) is 0 Å². The lowest BCUT2D eigenvalue weighted by atomic mass is 10.0. The SMILES string of the molecule is Cc1cc2c(c(-c3ccccc3OCC(F)(F)F)n1)CN(c1ccc(C(F)(F)CO)cc1)C2=O. The molecule has 0 fully saturated rings. The number of hydrogen-bond acceptors (Lipinski definition) is 4. The molecule has 0 spiro atoms. The van der Waals surface area contributed by atoms with Crippen LogP contribution in [0.5, 0.6) is 5.75 Å². The molecule has 1 aromatic heterocycles. The summed E-state index contributed by atoms with van der Waals surface area (Å²) in [7, 11) is 0. The number of aliphatic hydroxyl groups excluding tert-OH is 1. The number of benzene rings is 2. The molecule has 0 aliphatic carbocycles. The van der Waals surface area contributed by atoms with Gasteiger partial charge in [0.2, 0.25) is 0 Å². The van der Waals surface area contributed by atoms with Gasteiger partial charge in [-0.05, 0) is 37.3 Å². The number of rotatable bonds is 6. The van der Waals surface area contributed by atoms with Crippen LogP contribution in [0.3, 0.4) is 0 Å². The fraction of sp³-hybridized carbons (Fsp3) is 0.250. The van der Waals surface area contributed by atoms with E-state index < -0.39 is 36.8 Å². The number of halogens is 5. The Morgan fingerprint density at radius 3 is 2.35 bits per heavy atom. The minimum absolute atomic E-state index is 0.0263. The van der Waals surface area contributed by atoms with Crippen molar-refractivity contribution in [1.82, 2.24) is 4.98 Å². The highest BCUT2D eigenvalue weighted by Gasteiger charge is 2.35. The van der Waals surface area contributed by atoms with E-state index in [1.54, 1.807) is 25.1 Å². The van der Waals surface area contributed by atoms with E-state index in [4.69, 9.17) is 9.84 Å². The number of para-hydroxylation sites is 1. The third kappa shape index (κ3) is 4.58. The molecule has 0 bridgehead atoms. The van der Waals surface area contributed by atoms with Gasteiger partial charge in [-0.1, -0.05) is 24.3 Å².